The third-order valence-corrected chi connectivity index (χ3v) is 2.71. The molecule has 0 amide bonds. The van der Waals surface area contributed by atoms with E-state index >= 15 is 0 Å². The van der Waals surface area contributed by atoms with Crippen LogP contribution in [0.3, 0.4) is 0 Å². The quantitative estimate of drug-likeness (QED) is 0.528. The van der Waals surface area contributed by atoms with Gasteiger partial charge in [0, 0.05) is 25.2 Å². The molecule has 1 unspecified atom stereocenters. The zero-order valence-electron chi connectivity index (χ0n) is 6.83. The molecular weight excluding hydrogens is 140 g/mol. The molecule has 0 aromatic carbocycles. The summed E-state index contributed by atoms with van der Waals surface area (Å²) in [5.74, 6) is 0. The SMILES string of the molecule is N[C@@H]1CCN2CCOCC2C1. The molecule has 2 aliphatic heterocycles. The minimum absolute atomic E-state index is 0.415. The molecule has 3 heteroatoms. The number of fused-ring (bicyclic) bond motifs is 1. The van der Waals surface area contributed by atoms with Crippen molar-refractivity contribution in [2.45, 2.75) is 24.9 Å². The van der Waals surface area contributed by atoms with Crippen LogP contribution in [0.1, 0.15) is 12.8 Å². The summed E-state index contributed by atoms with van der Waals surface area (Å²) in [5.41, 5.74) is 5.86. The fourth-order valence-electron chi connectivity index (χ4n) is 2.00. The van der Waals surface area contributed by atoms with Crippen LogP contribution >= 0.6 is 0 Å². The summed E-state index contributed by atoms with van der Waals surface area (Å²) in [7, 11) is 0. The fraction of sp³-hybridized carbons (Fsp3) is 1.00. The van der Waals surface area contributed by atoms with Gasteiger partial charge in [-0.3, -0.25) is 4.90 Å². The van der Waals surface area contributed by atoms with Crippen molar-refractivity contribution in [1.82, 2.24) is 4.90 Å². The molecule has 0 aromatic rings. The summed E-state index contributed by atoms with van der Waals surface area (Å²) < 4.78 is 5.39. The number of piperidine rings is 1. The Morgan fingerprint density at radius 1 is 1.36 bits per heavy atom. The van der Waals surface area contributed by atoms with E-state index in [-0.39, 0.29) is 0 Å². The van der Waals surface area contributed by atoms with Gasteiger partial charge in [0.05, 0.1) is 13.2 Å². The largest absolute Gasteiger partial charge is 0.378 e. The Labute approximate surface area is 67.5 Å². The molecule has 2 saturated heterocycles. The zero-order chi connectivity index (χ0) is 7.68. The molecule has 2 atom stereocenters. The normalized spacial score (nSPS) is 40.1. The Balaban J connectivity index is 1.93. The van der Waals surface area contributed by atoms with Gasteiger partial charge in [-0.05, 0) is 12.8 Å². The summed E-state index contributed by atoms with van der Waals surface area (Å²) in [6.45, 7) is 4.09. The van der Waals surface area contributed by atoms with Gasteiger partial charge in [-0.25, -0.2) is 0 Å². The van der Waals surface area contributed by atoms with E-state index in [0.717, 1.165) is 32.6 Å². The lowest BCUT2D eigenvalue weighted by atomic mass is 9.98. The molecular formula is C8H16N2O. The molecule has 3 nitrogen and oxygen atoms in total. The van der Waals surface area contributed by atoms with E-state index in [2.05, 4.69) is 4.90 Å². The van der Waals surface area contributed by atoms with Crippen LogP contribution < -0.4 is 5.73 Å². The van der Waals surface area contributed by atoms with Crippen LogP contribution in [0.4, 0.5) is 0 Å². The number of ether oxygens (including phenoxy) is 1. The summed E-state index contributed by atoms with van der Waals surface area (Å²) in [6, 6.07) is 1.03. The molecule has 2 N–H and O–H groups in total. The van der Waals surface area contributed by atoms with Crippen molar-refractivity contribution in [2.24, 2.45) is 5.73 Å². The molecule has 11 heavy (non-hydrogen) atoms. The van der Waals surface area contributed by atoms with Gasteiger partial charge in [-0.15, -0.1) is 0 Å². The molecule has 2 rings (SSSR count). The van der Waals surface area contributed by atoms with E-state index in [4.69, 9.17) is 10.5 Å². The predicted molar refractivity (Wildman–Crippen MR) is 43.4 cm³/mol. The number of morpholine rings is 1. The molecule has 0 spiro atoms. The molecule has 64 valence electrons. The van der Waals surface area contributed by atoms with E-state index in [9.17, 15) is 0 Å². The highest BCUT2D eigenvalue weighted by Gasteiger charge is 2.28. The first-order valence-electron chi connectivity index (χ1n) is 4.43. The van der Waals surface area contributed by atoms with Crippen molar-refractivity contribution in [2.75, 3.05) is 26.3 Å². The Kier molecular flexibility index (Phi) is 2.11. The average molecular weight is 156 g/mol. The van der Waals surface area contributed by atoms with Crippen molar-refractivity contribution >= 4 is 0 Å². The van der Waals surface area contributed by atoms with E-state index in [1.807, 2.05) is 0 Å². The third kappa shape index (κ3) is 1.55. The topological polar surface area (TPSA) is 38.5 Å². The van der Waals surface area contributed by atoms with Crippen molar-refractivity contribution in [3.05, 3.63) is 0 Å². The number of hydrogen-bond acceptors (Lipinski definition) is 3. The van der Waals surface area contributed by atoms with E-state index < -0.39 is 0 Å². The zero-order valence-corrected chi connectivity index (χ0v) is 6.83. The second-order valence-electron chi connectivity index (χ2n) is 3.55. The Bertz CT molecular complexity index is 140. The van der Waals surface area contributed by atoms with Crippen LogP contribution in [0, 0.1) is 0 Å². The van der Waals surface area contributed by atoms with Gasteiger partial charge in [-0.1, -0.05) is 0 Å². The van der Waals surface area contributed by atoms with Crippen molar-refractivity contribution in [3.8, 4) is 0 Å². The Hall–Kier alpha value is -0.120. The van der Waals surface area contributed by atoms with Crippen molar-refractivity contribution < 1.29 is 4.74 Å². The standard InChI is InChI=1S/C8H16N2O/c9-7-1-2-10-3-4-11-6-8(10)5-7/h7-8H,1-6,9H2/t7-,8?/m1/s1. The Morgan fingerprint density at radius 2 is 2.27 bits per heavy atom. The van der Waals surface area contributed by atoms with Gasteiger partial charge in [0.2, 0.25) is 0 Å². The van der Waals surface area contributed by atoms with Gasteiger partial charge < -0.3 is 10.5 Å². The summed E-state index contributed by atoms with van der Waals surface area (Å²) in [4.78, 5) is 2.51. The number of nitrogens with two attached hydrogens (primary N) is 1. The summed E-state index contributed by atoms with van der Waals surface area (Å²) in [6.07, 6.45) is 2.29. The first-order valence-corrected chi connectivity index (χ1v) is 4.43. The average Bonchev–Trinajstić information content (AvgIpc) is 2.04. The molecule has 0 aromatic heterocycles. The molecule has 0 saturated carbocycles. The van der Waals surface area contributed by atoms with Crippen molar-refractivity contribution in [3.63, 3.8) is 0 Å². The first kappa shape index (κ1) is 7.53. The first-order chi connectivity index (χ1) is 5.36. The van der Waals surface area contributed by atoms with Gasteiger partial charge in [-0.2, -0.15) is 0 Å². The van der Waals surface area contributed by atoms with E-state index in [1.165, 1.54) is 6.54 Å². The summed E-state index contributed by atoms with van der Waals surface area (Å²) in [5, 5.41) is 0. The second kappa shape index (κ2) is 3.09. The van der Waals surface area contributed by atoms with Gasteiger partial charge in [0.25, 0.3) is 0 Å². The van der Waals surface area contributed by atoms with Crippen LogP contribution in [0.25, 0.3) is 0 Å². The monoisotopic (exact) mass is 156 g/mol. The van der Waals surface area contributed by atoms with Gasteiger partial charge in [0.15, 0.2) is 0 Å². The predicted octanol–water partition coefficient (Wildman–Crippen LogP) is -0.192. The molecule has 2 aliphatic rings. The lowest BCUT2D eigenvalue weighted by molar-refractivity contribution is -0.0268. The van der Waals surface area contributed by atoms with Gasteiger partial charge >= 0.3 is 0 Å². The second-order valence-corrected chi connectivity index (χ2v) is 3.55. The summed E-state index contributed by atoms with van der Waals surface area (Å²) >= 11 is 0. The van der Waals surface area contributed by atoms with Crippen LogP contribution in [-0.4, -0.2) is 43.3 Å². The van der Waals surface area contributed by atoms with Crippen LogP contribution in [0.2, 0.25) is 0 Å². The maximum atomic E-state index is 5.86. The third-order valence-electron chi connectivity index (χ3n) is 2.71. The number of nitrogens with zero attached hydrogens (tertiary/aromatic N) is 1. The van der Waals surface area contributed by atoms with Crippen molar-refractivity contribution in [1.29, 1.82) is 0 Å². The fourth-order valence-corrected chi connectivity index (χ4v) is 2.00. The minimum atomic E-state index is 0.415. The highest BCUT2D eigenvalue weighted by molar-refractivity contribution is 4.85. The van der Waals surface area contributed by atoms with Crippen LogP contribution in [0.5, 0.6) is 0 Å². The molecule has 0 radical (unpaired) electrons. The Morgan fingerprint density at radius 3 is 3.18 bits per heavy atom. The minimum Gasteiger partial charge on any atom is -0.378 e. The maximum Gasteiger partial charge on any atom is 0.0623 e. The van der Waals surface area contributed by atoms with Gasteiger partial charge in [0.1, 0.15) is 0 Å². The molecule has 0 bridgehead atoms. The van der Waals surface area contributed by atoms with Crippen LogP contribution in [0.15, 0.2) is 0 Å². The molecule has 2 fully saturated rings. The number of hydrogen-bond donors (Lipinski definition) is 1. The smallest absolute Gasteiger partial charge is 0.0623 e. The molecule has 0 aliphatic carbocycles. The lowest BCUT2D eigenvalue weighted by Crippen LogP contribution is -2.52. The lowest BCUT2D eigenvalue weighted by Gasteiger charge is -2.41. The van der Waals surface area contributed by atoms with E-state index in [0.29, 0.717) is 12.1 Å². The van der Waals surface area contributed by atoms with Crippen LogP contribution in [-0.2, 0) is 4.74 Å². The number of rotatable bonds is 0. The maximum absolute atomic E-state index is 5.86. The highest BCUT2D eigenvalue weighted by atomic mass is 16.5. The van der Waals surface area contributed by atoms with E-state index in [1.54, 1.807) is 0 Å². The molecule has 2 heterocycles. The highest BCUT2D eigenvalue weighted by Crippen LogP contribution is 2.18.